The van der Waals surface area contributed by atoms with Crippen LogP contribution >= 0.6 is 0 Å². The van der Waals surface area contributed by atoms with E-state index in [0.717, 1.165) is 6.07 Å². The molecule has 0 atom stereocenters. The number of hydrogen-bond donors (Lipinski definition) is 4. The first kappa shape index (κ1) is 30.2. The van der Waals surface area contributed by atoms with E-state index < -0.39 is 17.8 Å². The van der Waals surface area contributed by atoms with Crippen LogP contribution in [0.5, 0.6) is 5.75 Å². The molecule has 4 aromatic rings. The predicted octanol–water partition coefficient (Wildman–Crippen LogP) is 5.24. The van der Waals surface area contributed by atoms with Crippen LogP contribution in [0.3, 0.4) is 0 Å². The number of carboxylic acid groups (broad SMARTS) is 1. The van der Waals surface area contributed by atoms with Gasteiger partial charge >= 0.3 is 6.09 Å². The highest BCUT2D eigenvalue weighted by Gasteiger charge is 2.21. The van der Waals surface area contributed by atoms with Gasteiger partial charge in [0.25, 0.3) is 5.91 Å². The molecule has 0 aliphatic rings. The van der Waals surface area contributed by atoms with Crippen LogP contribution in [0.15, 0.2) is 71.3 Å². The van der Waals surface area contributed by atoms with Crippen LogP contribution in [0, 0.1) is 17.1 Å². The molecule has 2 aromatic heterocycles. The fourth-order valence-corrected chi connectivity index (χ4v) is 4.07. The van der Waals surface area contributed by atoms with E-state index in [0.29, 0.717) is 28.8 Å². The molecule has 4 rings (SSSR count). The number of rotatable bonds is 12. The van der Waals surface area contributed by atoms with E-state index >= 15 is 0 Å². The van der Waals surface area contributed by atoms with E-state index in [1.807, 2.05) is 0 Å². The maximum absolute atomic E-state index is 14.1. The number of aromatic nitrogens is 1. The summed E-state index contributed by atoms with van der Waals surface area (Å²) < 4.78 is 29.8. The first-order valence-electron chi connectivity index (χ1n) is 12.9. The van der Waals surface area contributed by atoms with Gasteiger partial charge in [0.1, 0.15) is 23.2 Å². The van der Waals surface area contributed by atoms with Gasteiger partial charge in [-0.3, -0.25) is 9.59 Å². The molecule has 13 heteroatoms. The van der Waals surface area contributed by atoms with Gasteiger partial charge in [-0.2, -0.15) is 5.26 Å². The number of carbonyl (C=O) groups excluding carboxylic acids is 2. The molecule has 0 spiro atoms. The molecular weight excluding hydrogens is 561 g/mol. The normalized spacial score (nSPS) is 10.4. The Balaban J connectivity index is 1.76. The topological polar surface area (TPSA) is 176 Å². The monoisotopic (exact) mass is 587 g/mol. The van der Waals surface area contributed by atoms with Gasteiger partial charge < -0.3 is 34.9 Å². The van der Waals surface area contributed by atoms with Crippen LogP contribution in [0.4, 0.5) is 20.7 Å². The van der Waals surface area contributed by atoms with Crippen molar-refractivity contribution in [1.29, 1.82) is 5.26 Å². The summed E-state index contributed by atoms with van der Waals surface area (Å²) in [5.74, 6) is -1.52. The maximum atomic E-state index is 14.1. The van der Waals surface area contributed by atoms with Crippen molar-refractivity contribution < 1.29 is 37.8 Å². The second-order valence-electron chi connectivity index (χ2n) is 8.98. The lowest BCUT2D eigenvalue weighted by molar-refractivity contribution is -0.116. The molecule has 0 aliphatic heterocycles. The van der Waals surface area contributed by atoms with Gasteiger partial charge in [-0.1, -0.05) is 12.1 Å². The number of methoxy groups -OCH3 is 1. The summed E-state index contributed by atoms with van der Waals surface area (Å²) in [6.07, 6.45) is 0.533. The van der Waals surface area contributed by atoms with Gasteiger partial charge in [-0.05, 0) is 54.4 Å². The summed E-state index contributed by atoms with van der Waals surface area (Å²) in [6.45, 7) is -0.0458. The third-order valence-corrected chi connectivity index (χ3v) is 5.97. The number of furan rings is 1. The van der Waals surface area contributed by atoms with Crippen LogP contribution in [0.2, 0.25) is 0 Å². The van der Waals surface area contributed by atoms with Crippen molar-refractivity contribution in [1.82, 2.24) is 10.3 Å². The van der Waals surface area contributed by atoms with Crippen molar-refractivity contribution >= 4 is 29.4 Å². The molecule has 3 amide bonds. The minimum absolute atomic E-state index is 0.00759. The molecule has 2 aromatic carbocycles. The SMILES string of the molecule is COCOc1cc(F)ccc1-c1cc(-c2cccc(NC(=O)CCCNC(=O)O)c2)c(C#N)c(NC(=O)c2ccco2)n1. The highest BCUT2D eigenvalue weighted by Crippen LogP contribution is 2.37. The average molecular weight is 588 g/mol. The van der Waals surface area contributed by atoms with Crippen LogP contribution in [0.1, 0.15) is 29.0 Å². The summed E-state index contributed by atoms with van der Waals surface area (Å²) in [6, 6.07) is 17.2. The first-order valence-corrected chi connectivity index (χ1v) is 12.9. The van der Waals surface area contributed by atoms with Crippen molar-refractivity contribution in [2.75, 3.05) is 31.1 Å². The molecule has 2 heterocycles. The van der Waals surface area contributed by atoms with E-state index in [1.54, 1.807) is 30.3 Å². The van der Waals surface area contributed by atoms with E-state index in [9.17, 15) is 24.0 Å². The standard InChI is InChI=1S/C30H26FN5O7/c1-41-17-43-26-14-19(31)9-10-21(26)24-15-22(23(16-32)28(35-24)36-29(38)25-7-4-12-42-25)18-5-2-6-20(13-18)34-27(37)8-3-11-33-30(39)40/h2,4-7,9-10,12-15,33H,3,8,11,17H2,1H3,(H,34,37)(H,39,40)(H,35,36,38). The number of halogens is 1. The van der Waals surface area contributed by atoms with Gasteiger partial charge in [-0.15, -0.1) is 0 Å². The van der Waals surface area contributed by atoms with Gasteiger partial charge in [0.15, 0.2) is 18.4 Å². The second-order valence-corrected chi connectivity index (χ2v) is 8.98. The lowest BCUT2D eigenvalue weighted by atomic mass is 9.97. The third kappa shape index (κ3) is 7.93. The zero-order valence-electron chi connectivity index (χ0n) is 22.8. The number of nitriles is 1. The fourth-order valence-electron chi connectivity index (χ4n) is 4.07. The Labute approximate surface area is 245 Å². The minimum Gasteiger partial charge on any atom is -0.467 e. The van der Waals surface area contributed by atoms with Gasteiger partial charge in [0, 0.05) is 43.0 Å². The molecule has 0 radical (unpaired) electrons. The van der Waals surface area contributed by atoms with Crippen molar-refractivity contribution in [2.45, 2.75) is 12.8 Å². The average Bonchev–Trinajstić information content (AvgIpc) is 3.53. The quantitative estimate of drug-likeness (QED) is 0.128. The third-order valence-electron chi connectivity index (χ3n) is 5.97. The molecule has 0 unspecified atom stereocenters. The molecule has 43 heavy (non-hydrogen) atoms. The molecule has 0 fully saturated rings. The number of nitrogens with one attached hydrogen (secondary N) is 3. The number of anilines is 2. The smallest absolute Gasteiger partial charge is 0.404 e. The Bertz CT molecular complexity index is 1670. The highest BCUT2D eigenvalue weighted by molar-refractivity contribution is 6.03. The summed E-state index contributed by atoms with van der Waals surface area (Å²) in [5.41, 5.74) is 1.90. The lowest BCUT2D eigenvalue weighted by Gasteiger charge is -2.16. The fraction of sp³-hybridized carbons (Fsp3) is 0.167. The Hall–Kier alpha value is -5.74. The summed E-state index contributed by atoms with van der Waals surface area (Å²) >= 11 is 0. The molecular formula is C30H26FN5O7. The predicted molar refractivity (Wildman–Crippen MR) is 153 cm³/mol. The zero-order chi connectivity index (χ0) is 30.8. The zero-order valence-corrected chi connectivity index (χ0v) is 22.8. The van der Waals surface area contributed by atoms with E-state index in [1.165, 1.54) is 37.6 Å². The number of pyridine rings is 1. The Morgan fingerprint density at radius 3 is 2.63 bits per heavy atom. The molecule has 220 valence electrons. The summed E-state index contributed by atoms with van der Waals surface area (Å²) in [4.78, 5) is 40.4. The van der Waals surface area contributed by atoms with Crippen molar-refractivity contribution in [2.24, 2.45) is 0 Å². The van der Waals surface area contributed by atoms with E-state index in [4.69, 9.17) is 19.0 Å². The molecule has 0 aliphatic carbocycles. The molecule has 0 saturated carbocycles. The van der Waals surface area contributed by atoms with E-state index in [-0.39, 0.29) is 54.3 Å². The number of hydrogen-bond acceptors (Lipinski definition) is 8. The van der Waals surface area contributed by atoms with E-state index in [2.05, 4.69) is 27.0 Å². The number of carbonyl (C=O) groups is 3. The number of ether oxygens (including phenoxy) is 2. The van der Waals surface area contributed by atoms with Crippen molar-refractivity contribution in [3.63, 3.8) is 0 Å². The molecule has 12 nitrogen and oxygen atoms in total. The lowest BCUT2D eigenvalue weighted by Crippen LogP contribution is -2.23. The van der Waals surface area contributed by atoms with Crippen LogP contribution in [0.25, 0.3) is 22.4 Å². The Morgan fingerprint density at radius 2 is 1.91 bits per heavy atom. The second kappa shape index (κ2) is 14.2. The molecule has 0 bridgehead atoms. The molecule has 4 N–H and O–H groups in total. The summed E-state index contributed by atoms with van der Waals surface area (Å²) in [7, 11) is 1.41. The van der Waals surface area contributed by atoms with Crippen molar-refractivity contribution in [3.8, 4) is 34.2 Å². The number of benzene rings is 2. The Morgan fingerprint density at radius 1 is 1.07 bits per heavy atom. The van der Waals surface area contributed by atoms with Crippen molar-refractivity contribution in [3.05, 3.63) is 84.1 Å². The first-order chi connectivity index (χ1) is 20.8. The molecule has 0 saturated heterocycles. The minimum atomic E-state index is -1.17. The van der Waals surface area contributed by atoms with Gasteiger partial charge in [0.05, 0.1) is 12.0 Å². The Kier molecular flexibility index (Phi) is 10.0. The highest BCUT2D eigenvalue weighted by atomic mass is 19.1. The van der Waals surface area contributed by atoms with Crippen LogP contribution < -0.4 is 20.7 Å². The summed E-state index contributed by atoms with van der Waals surface area (Å²) in [5, 5.41) is 26.4. The number of nitrogens with zero attached hydrogens (tertiary/aromatic N) is 2. The van der Waals surface area contributed by atoms with Crippen LogP contribution in [-0.2, 0) is 9.53 Å². The largest absolute Gasteiger partial charge is 0.467 e. The van der Waals surface area contributed by atoms with Gasteiger partial charge in [0.2, 0.25) is 5.91 Å². The van der Waals surface area contributed by atoms with Gasteiger partial charge in [-0.25, -0.2) is 14.2 Å². The number of amides is 3. The van der Waals surface area contributed by atoms with Crippen LogP contribution in [-0.4, -0.2) is 48.4 Å². The maximum Gasteiger partial charge on any atom is 0.404 e.